The quantitative estimate of drug-likeness (QED) is 0.398. The molecule has 1 amide bonds. The summed E-state index contributed by atoms with van der Waals surface area (Å²) in [6, 6.07) is 18.7. The van der Waals surface area contributed by atoms with Gasteiger partial charge in [-0.3, -0.25) is 9.59 Å². The molecule has 0 aliphatic rings. The van der Waals surface area contributed by atoms with Crippen LogP contribution in [0.25, 0.3) is 21.5 Å². The summed E-state index contributed by atoms with van der Waals surface area (Å²) in [6.07, 6.45) is 0. The lowest BCUT2D eigenvalue weighted by Crippen LogP contribution is -2.28. The maximum atomic E-state index is 12.8. The molecule has 31 heavy (non-hydrogen) atoms. The number of hydrazone groups is 1. The molecular formula is C24H22N4O3. The maximum absolute atomic E-state index is 12.8. The molecule has 0 saturated heterocycles. The Bertz CT molecular complexity index is 1390. The van der Waals surface area contributed by atoms with Crippen molar-refractivity contribution in [3.05, 3.63) is 82.3 Å². The lowest BCUT2D eigenvalue weighted by molar-refractivity contribution is 0.0949. The Kier molecular flexibility index (Phi) is 5.49. The van der Waals surface area contributed by atoms with E-state index in [0.717, 1.165) is 22.1 Å². The van der Waals surface area contributed by atoms with Gasteiger partial charge < -0.3 is 4.74 Å². The minimum atomic E-state index is -0.469. The Hall–Kier alpha value is -4.00. The van der Waals surface area contributed by atoms with Gasteiger partial charge in [0.15, 0.2) is 5.69 Å². The average molecular weight is 414 g/mol. The molecule has 0 aliphatic carbocycles. The molecule has 1 N–H and O–H groups in total. The molecule has 0 fully saturated rings. The van der Waals surface area contributed by atoms with Crippen LogP contribution in [-0.4, -0.2) is 28.5 Å². The fourth-order valence-electron chi connectivity index (χ4n) is 3.45. The summed E-state index contributed by atoms with van der Waals surface area (Å²) in [6.45, 7) is 4.00. The van der Waals surface area contributed by atoms with E-state index in [1.165, 1.54) is 4.68 Å². The summed E-state index contributed by atoms with van der Waals surface area (Å²) in [5.41, 5.74) is 4.06. The molecule has 0 atom stereocenters. The first-order valence-electron chi connectivity index (χ1n) is 9.94. The van der Waals surface area contributed by atoms with Crippen molar-refractivity contribution in [2.75, 3.05) is 7.11 Å². The highest BCUT2D eigenvalue weighted by Gasteiger charge is 2.16. The van der Waals surface area contributed by atoms with Gasteiger partial charge in [0.05, 0.1) is 18.2 Å². The van der Waals surface area contributed by atoms with Crippen molar-refractivity contribution in [3.8, 4) is 5.75 Å². The minimum Gasteiger partial charge on any atom is -0.497 e. The van der Waals surface area contributed by atoms with Crippen LogP contribution in [0.15, 0.2) is 70.6 Å². The number of nitrogens with one attached hydrogen (secondary N) is 1. The monoisotopic (exact) mass is 414 g/mol. The zero-order valence-corrected chi connectivity index (χ0v) is 17.5. The smallest absolute Gasteiger partial charge is 0.292 e. The average Bonchev–Trinajstić information content (AvgIpc) is 2.82. The standard InChI is InChI=1S/C24H22N4O3/c1-4-28-24(30)21-8-6-5-7-20(21)22(27-28)23(29)26-25-15(2)16-9-10-18-14-19(31-3)12-11-17(18)13-16/h5-14H,4H2,1-3H3,(H,26,29)/b25-15+. The number of hydrogen-bond donors (Lipinski definition) is 1. The number of hydrogen-bond acceptors (Lipinski definition) is 5. The summed E-state index contributed by atoms with van der Waals surface area (Å²) >= 11 is 0. The van der Waals surface area contributed by atoms with E-state index < -0.39 is 5.91 Å². The Morgan fingerprint density at radius 1 is 1.06 bits per heavy atom. The first kappa shape index (κ1) is 20.3. The molecule has 7 heteroatoms. The Morgan fingerprint density at radius 2 is 1.77 bits per heavy atom. The van der Waals surface area contributed by atoms with Crippen molar-refractivity contribution in [2.45, 2.75) is 20.4 Å². The van der Waals surface area contributed by atoms with E-state index in [0.29, 0.717) is 23.0 Å². The fourth-order valence-corrected chi connectivity index (χ4v) is 3.45. The second kappa shape index (κ2) is 8.39. The molecule has 4 rings (SSSR count). The van der Waals surface area contributed by atoms with Crippen molar-refractivity contribution in [1.82, 2.24) is 15.2 Å². The molecule has 1 aromatic heterocycles. The normalized spacial score (nSPS) is 11.6. The first-order valence-corrected chi connectivity index (χ1v) is 9.94. The van der Waals surface area contributed by atoms with Gasteiger partial charge in [-0.15, -0.1) is 0 Å². The molecule has 0 bridgehead atoms. The largest absolute Gasteiger partial charge is 0.497 e. The molecule has 1 heterocycles. The van der Waals surface area contributed by atoms with Gasteiger partial charge in [0.1, 0.15) is 5.75 Å². The van der Waals surface area contributed by atoms with Gasteiger partial charge in [0.2, 0.25) is 0 Å². The number of nitrogens with zero attached hydrogens (tertiary/aromatic N) is 3. The number of carbonyl (C=O) groups excluding carboxylic acids is 1. The van der Waals surface area contributed by atoms with Gasteiger partial charge >= 0.3 is 0 Å². The van der Waals surface area contributed by atoms with E-state index in [1.807, 2.05) is 50.2 Å². The predicted molar refractivity (Wildman–Crippen MR) is 122 cm³/mol. The van der Waals surface area contributed by atoms with Gasteiger partial charge in [-0.2, -0.15) is 10.2 Å². The Balaban J connectivity index is 1.64. The van der Waals surface area contributed by atoms with E-state index >= 15 is 0 Å². The molecule has 156 valence electrons. The maximum Gasteiger partial charge on any atom is 0.292 e. The van der Waals surface area contributed by atoms with Crippen LogP contribution in [0.4, 0.5) is 0 Å². The van der Waals surface area contributed by atoms with E-state index in [1.54, 1.807) is 31.4 Å². The summed E-state index contributed by atoms with van der Waals surface area (Å²) in [4.78, 5) is 25.3. The number of ether oxygens (including phenoxy) is 1. The van der Waals surface area contributed by atoms with Gasteiger partial charge in [0, 0.05) is 11.9 Å². The molecule has 7 nitrogen and oxygen atoms in total. The molecule has 0 unspecified atom stereocenters. The van der Waals surface area contributed by atoms with Crippen molar-refractivity contribution < 1.29 is 9.53 Å². The van der Waals surface area contributed by atoms with Crippen molar-refractivity contribution in [3.63, 3.8) is 0 Å². The number of fused-ring (bicyclic) bond motifs is 2. The zero-order chi connectivity index (χ0) is 22.0. The second-order valence-corrected chi connectivity index (χ2v) is 7.08. The zero-order valence-electron chi connectivity index (χ0n) is 17.5. The van der Waals surface area contributed by atoms with Crippen LogP contribution in [0.3, 0.4) is 0 Å². The third-order valence-electron chi connectivity index (χ3n) is 5.17. The highest BCUT2D eigenvalue weighted by Crippen LogP contribution is 2.22. The lowest BCUT2D eigenvalue weighted by Gasteiger charge is -2.09. The Labute approximate surface area is 179 Å². The van der Waals surface area contributed by atoms with Crippen LogP contribution in [-0.2, 0) is 6.54 Å². The number of benzene rings is 3. The highest BCUT2D eigenvalue weighted by atomic mass is 16.5. The summed E-state index contributed by atoms with van der Waals surface area (Å²) in [5, 5.41) is 11.6. The molecular weight excluding hydrogens is 392 g/mol. The van der Waals surface area contributed by atoms with Crippen LogP contribution in [0.1, 0.15) is 29.9 Å². The topological polar surface area (TPSA) is 85.6 Å². The minimum absolute atomic E-state index is 0.166. The van der Waals surface area contributed by atoms with Crippen LogP contribution in [0.5, 0.6) is 5.75 Å². The van der Waals surface area contributed by atoms with Gasteiger partial charge in [0.25, 0.3) is 11.5 Å². The number of amides is 1. The van der Waals surface area contributed by atoms with Crippen LogP contribution >= 0.6 is 0 Å². The molecule has 0 aliphatic heterocycles. The van der Waals surface area contributed by atoms with Gasteiger partial charge in [-0.05, 0) is 54.4 Å². The number of aryl methyl sites for hydroxylation is 1. The predicted octanol–water partition coefficient (Wildman–Crippen LogP) is 3.73. The SMILES string of the molecule is CCn1nc(C(=O)N/N=C(\C)c2ccc3cc(OC)ccc3c2)c2ccccc2c1=O. The summed E-state index contributed by atoms with van der Waals surface area (Å²) in [5.74, 6) is 0.328. The van der Waals surface area contributed by atoms with Crippen LogP contribution in [0, 0.1) is 0 Å². The highest BCUT2D eigenvalue weighted by molar-refractivity contribution is 6.06. The summed E-state index contributed by atoms with van der Waals surface area (Å²) < 4.78 is 6.55. The third-order valence-corrected chi connectivity index (χ3v) is 5.17. The second-order valence-electron chi connectivity index (χ2n) is 7.08. The summed E-state index contributed by atoms with van der Waals surface area (Å²) in [7, 11) is 1.64. The third kappa shape index (κ3) is 3.90. The van der Waals surface area contributed by atoms with Crippen molar-refractivity contribution in [2.24, 2.45) is 5.10 Å². The van der Waals surface area contributed by atoms with Gasteiger partial charge in [-0.25, -0.2) is 10.1 Å². The van der Waals surface area contributed by atoms with Crippen molar-refractivity contribution >= 4 is 33.2 Å². The van der Waals surface area contributed by atoms with Crippen LogP contribution < -0.4 is 15.7 Å². The van der Waals surface area contributed by atoms with Crippen LogP contribution in [0.2, 0.25) is 0 Å². The Morgan fingerprint density at radius 3 is 2.52 bits per heavy atom. The van der Waals surface area contributed by atoms with Gasteiger partial charge in [-0.1, -0.05) is 36.4 Å². The lowest BCUT2D eigenvalue weighted by atomic mass is 10.0. The molecule has 0 radical (unpaired) electrons. The number of carbonyl (C=O) groups is 1. The molecule has 0 spiro atoms. The van der Waals surface area contributed by atoms with E-state index in [4.69, 9.17) is 4.74 Å². The number of methoxy groups -OCH3 is 1. The number of aromatic nitrogens is 2. The fraction of sp³-hybridized carbons (Fsp3) is 0.167. The molecule has 4 aromatic rings. The van der Waals surface area contributed by atoms with E-state index in [-0.39, 0.29) is 11.3 Å². The molecule has 0 saturated carbocycles. The number of rotatable bonds is 5. The van der Waals surface area contributed by atoms with Crippen molar-refractivity contribution in [1.29, 1.82) is 0 Å². The first-order chi connectivity index (χ1) is 15.0. The van der Waals surface area contributed by atoms with E-state index in [2.05, 4.69) is 15.6 Å². The van der Waals surface area contributed by atoms with E-state index in [9.17, 15) is 9.59 Å². The molecule has 3 aromatic carbocycles.